The standard InChI is InChI=1S/C17H15FO5/c1-23-15-7-6-13(18)8-12(15)9-14(17(21)22)10-2-4-11(5-3-10)16(19)20/h2-8,14H,9H2,1H3,(H,19,20)(H,21,22). The van der Waals surface area contributed by atoms with Gasteiger partial charge in [0.15, 0.2) is 0 Å². The maximum Gasteiger partial charge on any atom is 0.335 e. The molecule has 2 N–H and O–H groups in total. The highest BCUT2D eigenvalue weighted by atomic mass is 19.1. The van der Waals surface area contributed by atoms with Crippen molar-refractivity contribution >= 4 is 11.9 Å². The molecule has 0 heterocycles. The summed E-state index contributed by atoms with van der Waals surface area (Å²) in [4.78, 5) is 22.4. The summed E-state index contributed by atoms with van der Waals surface area (Å²) in [5, 5.41) is 18.3. The molecule has 0 bridgehead atoms. The van der Waals surface area contributed by atoms with Gasteiger partial charge in [-0.25, -0.2) is 9.18 Å². The second kappa shape index (κ2) is 6.91. The largest absolute Gasteiger partial charge is 0.496 e. The lowest BCUT2D eigenvalue weighted by Crippen LogP contribution is -2.15. The number of carboxylic acid groups (broad SMARTS) is 2. The number of ether oxygens (including phenoxy) is 1. The lowest BCUT2D eigenvalue weighted by molar-refractivity contribution is -0.138. The van der Waals surface area contributed by atoms with Gasteiger partial charge >= 0.3 is 11.9 Å². The van der Waals surface area contributed by atoms with Crippen molar-refractivity contribution in [2.24, 2.45) is 0 Å². The van der Waals surface area contributed by atoms with Gasteiger partial charge in [-0.1, -0.05) is 12.1 Å². The van der Waals surface area contributed by atoms with Crippen LogP contribution >= 0.6 is 0 Å². The van der Waals surface area contributed by atoms with Gasteiger partial charge in [-0.2, -0.15) is 0 Å². The van der Waals surface area contributed by atoms with Crippen LogP contribution in [0, 0.1) is 5.82 Å². The second-order valence-electron chi connectivity index (χ2n) is 4.98. The van der Waals surface area contributed by atoms with E-state index in [-0.39, 0.29) is 12.0 Å². The van der Waals surface area contributed by atoms with Crippen LogP contribution in [0.5, 0.6) is 5.75 Å². The Morgan fingerprint density at radius 3 is 2.30 bits per heavy atom. The van der Waals surface area contributed by atoms with Crippen LogP contribution in [0.2, 0.25) is 0 Å². The van der Waals surface area contributed by atoms with Crippen molar-refractivity contribution in [2.75, 3.05) is 7.11 Å². The number of hydrogen-bond acceptors (Lipinski definition) is 3. The molecule has 1 unspecified atom stereocenters. The van der Waals surface area contributed by atoms with E-state index in [0.29, 0.717) is 16.9 Å². The lowest BCUT2D eigenvalue weighted by atomic mass is 9.91. The van der Waals surface area contributed by atoms with E-state index in [9.17, 15) is 19.1 Å². The van der Waals surface area contributed by atoms with Gasteiger partial charge in [-0.3, -0.25) is 4.79 Å². The number of benzene rings is 2. The predicted octanol–water partition coefficient (Wildman–Crippen LogP) is 2.94. The quantitative estimate of drug-likeness (QED) is 0.855. The third-order valence-corrected chi connectivity index (χ3v) is 3.52. The number of methoxy groups -OCH3 is 1. The molecule has 5 nitrogen and oxygen atoms in total. The number of rotatable bonds is 6. The van der Waals surface area contributed by atoms with Crippen LogP contribution in [0.1, 0.15) is 27.4 Å². The first kappa shape index (κ1) is 16.5. The van der Waals surface area contributed by atoms with Gasteiger partial charge in [0.2, 0.25) is 0 Å². The maximum atomic E-state index is 13.4. The average molecular weight is 318 g/mol. The van der Waals surface area contributed by atoms with E-state index in [1.165, 1.54) is 49.6 Å². The molecule has 2 aromatic rings. The van der Waals surface area contributed by atoms with Crippen molar-refractivity contribution in [3.63, 3.8) is 0 Å². The first-order valence-electron chi connectivity index (χ1n) is 6.81. The Hall–Kier alpha value is -2.89. The van der Waals surface area contributed by atoms with Crippen molar-refractivity contribution in [3.05, 3.63) is 65.0 Å². The summed E-state index contributed by atoms with van der Waals surface area (Å²) in [7, 11) is 1.42. The zero-order chi connectivity index (χ0) is 17.0. The lowest BCUT2D eigenvalue weighted by Gasteiger charge is -2.15. The van der Waals surface area contributed by atoms with Crippen molar-refractivity contribution in [1.29, 1.82) is 0 Å². The molecule has 0 aliphatic carbocycles. The van der Waals surface area contributed by atoms with Gasteiger partial charge in [0, 0.05) is 0 Å². The minimum atomic E-state index is -1.09. The number of aromatic carboxylic acids is 1. The molecule has 0 fully saturated rings. The predicted molar refractivity (Wildman–Crippen MR) is 80.4 cm³/mol. The molecule has 6 heteroatoms. The summed E-state index contributed by atoms with van der Waals surface area (Å²) in [6.07, 6.45) is 0.0304. The monoisotopic (exact) mass is 318 g/mol. The maximum absolute atomic E-state index is 13.4. The molecule has 2 rings (SSSR count). The van der Waals surface area contributed by atoms with E-state index >= 15 is 0 Å². The van der Waals surface area contributed by atoms with Crippen LogP contribution < -0.4 is 4.74 Å². The third-order valence-electron chi connectivity index (χ3n) is 3.52. The number of carbonyl (C=O) groups is 2. The zero-order valence-electron chi connectivity index (χ0n) is 12.3. The van der Waals surface area contributed by atoms with E-state index in [4.69, 9.17) is 9.84 Å². The molecule has 0 radical (unpaired) electrons. The molecule has 0 saturated heterocycles. The Morgan fingerprint density at radius 1 is 1.13 bits per heavy atom. The van der Waals surface area contributed by atoms with Crippen LogP contribution in [0.25, 0.3) is 0 Å². The van der Waals surface area contributed by atoms with Gasteiger partial charge < -0.3 is 14.9 Å². The van der Waals surface area contributed by atoms with E-state index in [1.54, 1.807) is 0 Å². The molecule has 120 valence electrons. The first-order valence-corrected chi connectivity index (χ1v) is 6.81. The highest BCUT2D eigenvalue weighted by Crippen LogP contribution is 2.28. The summed E-state index contributed by atoms with van der Waals surface area (Å²) in [6.45, 7) is 0. The summed E-state index contributed by atoms with van der Waals surface area (Å²) in [5.41, 5.74) is 0.942. The van der Waals surface area contributed by atoms with Gasteiger partial charge in [-0.05, 0) is 47.9 Å². The van der Waals surface area contributed by atoms with Gasteiger partial charge in [0.25, 0.3) is 0 Å². The Labute approximate surface area is 132 Å². The number of halogens is 1. The third kappa shape index (κ3) is 3.85. The normalized spacial score (nSPS) is 11.7. The molecule has 23 heavy (non-hydrogen) atoms. The summed E-state index contributed by atoms with van der Waals surface area (Å²) < 4.78 is 18.5. The van der Waals surface area contributed by atoms with Crippen LogP contribution in [0.3, 0.4) is 0 Å². The molecule has 0 saturated carbocycles. The first-order chi connectivity index (χ1) is 10.9. The fraction of sp³-hybridized carbons (Fsp3) is 0.176. The average Bonchev–Trinajstić information content (AvgIpc) is 2.52. The molecule has 0 aliphatic rings. The van der Waals surface area contributed by atoms with E-state index in [1.807, 2.05) is 0 Å². The Kier molecular flexibility index (Phi) is 4.95. The topological polar surface area (TPSA) is 83.8 Å². The Balaban J connectivity index is 2.34. The minimum Gasteiger partial charge on any atom is -0.496 e. The van der Waals surface area contributed by atoms with E-state index < -0.39 is 23.7 Å². The number of aliphatic carboxylic acids is 1. The highest BCUT2D eigenvalue weighted by molar-refractivity contribution is 5.87. The molecule has 0 amide bonds. The highest BCUT2D eigenvalue weighted by Gasteiger charge is 2.22. The Bertz CT molecular complexity index is 724. The molecule has 0 spiro atoms. The van der Waals surface area contributed by atoms with Crippen LogP contribution in [-0.4, -0.2) is 29.3 Å². The smallest absolute Gasteiger partial charge is 0.335 e. The molecule has 2 aromatic carbocycles. The molecular formula is C17H15FO5. The van der Waals surface area contributed by atoms with Crippen LogP contribution in [-0.2, 0) is 11.2 Å². The second-order valence-corrected chi connectivity index (χ2v) is 4.98. The fourth-order valence-corrected chi connectivity index (χ4v) is 2.33. The van der Waals surface area contributed by atoms with Gasteiger partial charge in [0.05, 0.1) is 18.6 Å². The molecule has 0 aliphatic heterocycles. The summed E-state index contributed by atoms with van der Waals surface area (Å²) in [6, 6.07) is 9.51. The molecule has 0 aromatic heterocycles. The van der Waals surface area contributed by atoms with Crippen LogP contribution in [0.15, 0.2) is 42.5 Å². The Morgan fingerprint density at radius 2 is 1.78 bits per heavy atom. The van der Waals surface area contributed by atoms with Crippen molar-refractivity contribution < 1.29 is 28.9 Å². The van der Waals surface area contributed by atoms with Crippen molar-refractivity contribution in [2.45, 2.75) is 12.3 Å². The summed E-state index contributed by atoms with van der Waals surface area (Å²) in [5.74, 6) is -3.19. The van der Waals surface area contributed by atoms with Crippen molar-refractivity contribution in [1.82, 2.24) is 0 Å². The summed E-state index contributed by atoms with van der Waals surface area (Å²) >= 11 is 0. The van der Waals surface area contributed by atoms with E-state index in [2.05, 4.69) is 0 Å². The van der Waals surface area contributed by atoms with Crippen molar-refractivity contribution in [3.8, 4) is 5.75 Å². The van der Waals surface area contributed by atoms with Gasteiger partial charge in [0.1, 0.15) is 11.6 Å². The SMILES string of the molecule is COc1ccc(F)cc1CC(C(=O)O)c1ccc(C(=O)O)cc1. The number of carboxylic acids is 2. The number of hydrogen-bond donors (Lipinski definition) is 2. The van der Waals surface area contributed by atoms with Gasteiger partial charge in [-0.15, -0.1) is 0 Å². The minimum absolute atomic E-state index is 0.0304. The zero-order valence-corrected chi connectivity index (χ0v) is 12.3. The molecular weight excluding hydrogens is 303 g/mol. The fourth-order valence-electron chi connectivity index (χ4n) is 2.33. The van der Waals surface area contributed by atoms with E-state index in [0.717, 1.165) is 0 Å². The van der Waals surface area contributed by atoms with Crippen LogP contribution in [0.4, 0.5) is 4.39 Å². The molecule has 1 atom stereocenters.